The average Bonchev–Trinajstić information content (AvgIpc) is 2.75. The van der Waals surface area contributed by atoms with Gasteiger partial charge < -0.3 is 10.2 Å². The summed E-state index contributed by atoms with van der Waals surface area (Å²) < 4.78 is 0. The van der Waals surface area contributed by atoms with E-state index in [0.29, 0.717) is 35.9 Å². The molecule has 0 heterocycles. The lowest BCUT2D eigenvalue weighted by molar-refractivity contribution is -0.168. The predicted molar refractivity (Wildman–Crippen MR) is 84.1 cm³/mol. The van der Waals surface area contributed by atoms with E-state index >= 15 is 0 Å². The van der Waals surface area contributed by atoms with Crippen LogP contribution in [-0.4, -0.2) is 28.2 Å². The first-order valence-corrected chi connectivity index (χ1v) is 9.21. The number of aliphatic hydroxyl groups is 2. The Morgan fingerprint density at radius 3 is 2.59 bits per heavy atom. The standard InChI is InChI=1S/C19H30O3/c1-18-5-4-14-17(15(18)9-13(21)10-18)16(22)8-11-7-12(20)3-6-19(11,14)2/h11-12,14-17,20,22H,3-10H2,1-2H3. The maximum atomic E-state index is 12.1. The van der Waals surface area contributed by atoms with Crippen molar-refractivity contribution in [3.8, 4) is 0 Å². The molecule has 8 atom stereocenters. The van der Waals surface area contributed by atoms with Gasteiger partial charge in [-0.15, -0.1) is 0 Å². The minimum Gasteiger partial charge on any atom is -0.393 e. The van der Waals surface area contributed by atoms with Crippen LogP contribution in [0.15, 0.2) is 0 Å². The molecule has 8 unspecified atom stereocenters. The third kappa shape index (κ3) is 1.97. The molecule has 3 nitrogen and oxygen atoms in total. The second-order valence-electron chi connectivity index (χ2n) is 9.34. The summed E-state index contributed by atoms with van der Waals surface area (Å²) in [5.74, 6) is 2.10. The molecule has 4 fully saturated rings. The van der Waals surface area contributed by atoms with Crippen LogP contribution in [0.1, 0.15) is 65.2 Å². The second-order valence-corrected chi connectivity index (χ2v) is 9.34. The van der Waals surface area contributed by atoms with Gasteiger partial charge in [-0.3, -0.25) is 4.79 Å². The molecule has 2 N–H and O–H groups in total. The fourth-order valence-electron chi connectivity index (χ4n) is 6.98. The van der Waals surface area contributed by atoms with Crippen LogP contribution >= 0.6 is 0 Å². The molecule has 0 aromatic rings. The quantitative estimate of drug-likeness (QED) is 0.723. The predicted octanol–water partition coefficient (Wildman–Crippen LogP) is 2.93. The van der Waals surface area contributed by atoms with Gasteiger partial charge in [-0.05, 0) is 73.0 Å². The van der Waals surface area contributed by atoms with Crippen molar-refractivity contribution in [3.05, 3.63) is 0 Å². The third-order valence-corrected chi connectivity index (χ3v) is 8.22. The highest BCUT2D eigenvalue weighted by Gasteiger charge is 2.61. The maximum absolute atomic E-state index is 12.1. The van der Waals surface area contributed by atoms with Gasteiger partial charge in [0.2, 0.25) is 0 Å². The summed E-state index contributed by atoms with van der Waals surface area (Å²) in [5.41, 5.74) is 0.396. The Morgan fingerprint density at radius 1 is 1.05 bits per heavy atom. The lowest BCUT2D eigenvalue weighted by Gasteiger charge is -2.61. The van der Waals surface area contributed by atoms with Crippen LogP contribution in [0.3, 0.4) is 0 Å². The minimum atomic E-state index is -0.274. The molecule has 3 heteroatoms. The first-order valence-electron chi connectivity index (χ1n) is 9.21. The van der Waals surface area contributed by atoms with Gasteiger partial charge in [-0.2, -0.15) is 0 Å². The van der Waals surface area contributed by atoms with Crippen molar-refractivity contribution in [1.82, 2.24) is 0 Å². The Balaban J connectivity index is 1.68. The molecule has 0 amide bonds. The smallest absolute Gasteiger partial charge is 0.133 e. The van der Waals surface area contributed by atoms with Gasteiger partial charge >= 0.3 is 0 Å². The van der Waals surface area contributed by atoms with E-state index in [2.05, 4.69) is 13.8 Å². The highest BCUT2D eigenvalue weighted by Crippen LogP contribution is 2.65. The van der Waals surface area contributed by atoms with Crippen molar-refractivity contribution < 1.29 is 15.0 Å². The topological polar surface area (TPSA) is 57.5 Å². The van der Waals surface area contributed by atoms with E-state index in [4.69, 9.17) is 0 Å². The van der Waals surface area contributed by atoms with Gasteiger partial charge in [0.25, 0.3) is 0 Å². The fourth-order valence-corrected chi connectivity index (χ4v) is 6.98. The molecule has 0 saturated heterocycles. The number of fused-ring (bicyclic) bond motifs is 5. The molecule has 124 valence electrons. The summed E-state index contributed by atoms with van der Waals surface area (Å²) >= 11 is 0. The highest BCUT2D eigenvalue weighted by atomic mass is 16.3. The molecule has 4 saturated carbocycles. The van der Waals surface area contributed by atoms with Crippen molar-refractivity contribution in [2.45, 2.75) is 77.4 Å². The molecule has 0 bridgehead atoms. The van der Waals surface area contributed by atoms with Crippen LogP contribution in [0.4, 0.5) is 0 Å². The lowest BCUT2D eigenvalue weighted by Crippen LogP contribution is -2.57. The van der Waals surface area contributed by atoms with Crippen molar-refractivity contribution in [1.29, 1.82) is 0 Å². The van der Waals surface area contributed by atoms with Crippen LogP contribution < -0.4 is 0 Å². The molecular weight excluding hydrogens is 276 g/mol. The van der Waals surface area contributed by atoms with Crippen LogP contribution in [0.25, 0.3) is 0 Å². The molecule has 4 rings (SSSR count). The van der Waals surface area contributed by atoms with Crippen LogP contribution in [0, 0.1) is 34.5 Å². The summed E-state index contributed by atoms with van der Waals surface area (Å²) in [5, 5.41) is 20.9. The van der Waals surface area contributed by atoms with E-state index in [1.165, 1.54) is 0 Å². The number of Topliss-reactive ketones (excluding diaryl/α,β-unsaturated/α-hetero) is 1. The van der Waals surface area contributed by atoms with Gasteiger partial charge in [0.1, 0.15) is 5.78 Å². The molecule has 0 aromatic heterocycles. The third-order valence-electron chi connectivity index (χ3n) is 8.22. The zero-order chi connectivity index (χ0) is 15.7. The van der Waals surface area contributed by atoms with Gasteiger partial charge in [0.15, 0.2) is 0 Å². The number of carbonyl (C=O) groups is 1. The van der Waals surface area contributed by atoms with Crippen molar-refractivity contribution in [2.75, 3.05) is 0 Å². The summed E-state index contributed by atoms with van der Waals surface area (Å²) in [4.78, 5) is 12.1. The van der Waals surface area contributed by atoms with E-state index in [1.807, 2.05) is 0 Å². The number of hydrogen-bond acceptors (Lipinski definition) is 3. The number of hydrogen-bond donors (Lipinski definition) is 2. The molecule has 22 heavy (non-hydrogen) atoms. The average molecular weight is 306 g/mol. The molecule has 0 aliphatic heterocycles. The number of ketones is 1. The first-order chi connectivity index (χ1) is 10.3. The van der Waals surface area contributed by atoms with Crippen LogP contribution in [0.2, 0.25) is 0 Å². The van der Waals surface area contributed by atoms with Crippen molar-refractivity contribution in [2.24, 2.45) is 34.5 Å². The second kappa shape index (κ2) is 4.80. The monoisotopic (exact) mass is 306 g/mol. The highest BCUT2D eigenvalue weighted by molar-refractivity contribution is 5.82. The Morgan fingerprint density at radius 2 is 1.82 bits per heavy atom. The first kappa shape index (κ1) is 15.1. The van der Waals surface area contributed by atoms with E-state index in [0.717, 1.165) is 44.9 Å². The minimum absolute atomic E-state index is 0.136. The Bertz CT molecular complexity index is 489. The van der Waals surface area contributed by atoms with Gasteiger partial charge in [-0.25, -0.2) is 0 Å². The van der Waals surface area contributed by atoms with E-state index in [-0.39, 0.29) is 23.0 Å². The van der Waals surface area contributed by atoms with Gasteiger partial charge in [0.05, 0.1) is 12.2 Å². The summed E-state index contributed by atoms with van der Waals surface area (Å²) in [7, 11) is 0. The lowest BCUT2D eigenvalue weighted by atomic mass is 9.44. The van der Waals surface area contributed by atoms with E-state index in [1.54, 1.807) is 0 Å². The van der Waals surface area contributed by atoms with E-state index in [9.17, 15) is 15.0 Å². The largest absolute Gasteiger partial charge is 0.393 e. The van der Waals surface area contributed by atoms with Crippen LogP contribution in [0.5, 0.6) is 0 Å². The fraction of sp³-hybridized carbons (Fsp3) is 0.947. The summed E-state index contributed by atoms with van der Waals surface area (Å²) in [6.07, 6.45) is 6.95. The molecule has 0 aromatic carbocycles. The Kier molecular flexibility index (Phi) is 3.30. The molecule has 4 aliphatic carbocycles. The number of aliphatic hydroxyl groups excluding tert-OH is 2. The van der Waals surface area contributed by atoms with Crippen molar-refractivity contribution in [3.63, 3.8) is 0 Å². The SMILES string of the molecule is CC12CCC3C(C(O)CC4CC(O)CCC43C)C1CC(=O)C2. The van der Waals surface area contributed by atoms with Crippen LogP contribution in [-0.2, 0) is 4.79 Å². The molecular formula is C19H30O3. The maximum Gasteiger partial charge on any atom is 0.133 e. The molecule has 4 aliphatic rings. The zero-order valence-electron chi connectivity index (χ0n) is 13.9. The summed E-state index contributed by atoms with van der Waals surface area (Å²) in [6, 6.07) is 0. The van der Waals surface area contributed by atoms with Gasteiger partial charge in [-0.1, -0.05) is 13.8 Å². The number of rotatable bonds is 0. The Hall–Kier alpha value is -0.410. The van der Waals surface area contributed by atoms with Crippen molar-refractivity contribution >= 4 is 5.78 Å². The van der Waals surface area contributed by atoms with Gasteiger partial charge in [0, 0.05) is 12.8 Å². The Labute approximate surface area is 133 Å². The molecule has 0 radical (unpaired) electrons. The normalized spacial score (nSPS) is 57.9. The molecule has 0 spiro atoms. The van der Waals surface area contributed by atoms with E-state index < -0.39 is 0 Å². The number of carbonyl (C=O) groups excluding carboxylic acids is 1. The zero-order valence-corrected chi connectivity index (χ0v) is 13.9. The summed E-state index contributed by atoms with van der Waals surface area (Å²) in [6.45, 7) is 4.69.